The first-order chi connectivity index (χ1) is 9.83. The van der Waals surface area contributed by atoms with E-state index in [2.05, 4.69) is 20.0 Å². The zero-order valence-electron chi connectivity index (χ0n) is 10.4. The molecular formula is C12H9F3N4OS. The number of rotatable bonds is 4. The van der Waals surface area contributed by atoms with E-state index in [1.54, 1.807) is 6.07 Å². The molecule has 0 bridgehead atoms. The van der Waals surface area contributed by atoms with Gasteiger partial charge >= 0.3 is 6.36 Å². The van der Waals surface area contributed by atoms with Crippen LogP contribution in [0.3, 0.4) is 0 Å². The van der Waals surface area contributed by atoms with E-state index >= 15 is 0 Å². The third-order valence-electron chi connectivity index (χ3n) is 2.25. The molecule has 0 radical (unpaired) electrons. The summed E-state index contributed by atoms with van der Waals surface area (Å²) >= 11 is 4.79. The van der Waals surface area contributed by atoms with Crippen molar-refractivity contribution in [3.05, 3.63) is 42.2 Å². The molecule has 21 heavy (non-hydrogen) atoms. The number of aromatic nitrogens is 2. The molecule has 5 nitrogen and oxygen atoms in total. The first-order valence-electron chi connectivity index (χ1n) is 5.59. The molecule has 1 aromatic heterocycles. The molecule has 1 heterocycles. The number of ether oxygens (including phenoxy) is 1. The fraction of sp³-hybridized carbons (Fsp3) is 0.0833. The van der Waals surface area contributed by atoms with Crippen LogP contribution in [0.1, 0.15) is 5.69 Å². The van der Waals surface area contributed by atoms with Crippen LogP contribution >= 0.6 is 12.2 Å². The second-order valence-corrected chi connectivity index (χ2v) is 4.27. The lowest BCUT2D eigenvalue weighted by Crippen LogP contribution is -2.17. The molecule has 3 N–H and O–H groups in total. The zero-order valence-corrected chi connectivity index (χ0v) is 11.2. The number of anilines is 2. The molecule has 0 aliphatic rings. The quantitative estimate of drug-likeness (QED) is 0.846. The Morgan fingerprint density at radius 3 is 2.43 bits per heavy atom. The van der Waals surface area contributed by atoms with Crippen molar-refractivity contribution in [3.8, 4) is 5.75 Å². The highest BCUT2D eigenvalue weighted by atomic mass is 32.1. The maximum atomic E-state index is 12.0. The third kappa shape index (κ3) is 4.56. The maximum absolute atomic E-state index is 12.0. The molecule has 0 fully saturated rings. The molecule has 1 aromatic carbocycles. The minimum Gasteiger partial charge on any atom is -0.406 e. The zero-order chi connectivity index (χ0) is 15.5. The molecule has 0 unspecified atom stereocenters. The van der Waals surface area contributed by atoms with E-state index < -0.39 is 6.36 Å². The van der Waals surface area contributed by atoms with Crippen LogP contribution in [0.2, 0.25) is 0 Å². The molecule has 0 saturated heterocycles. The average molecular weight is 314 g/mol. The molecule has 2 aromatic rings. The Balaban J connectivity index is 2.10. The van der Waals surface area contributed by atoms with Gasteiger partial charge in [-0.25, -0.2) is 9.97 Å². The summed E-state index contributed by atoms with van der Waals surface area (Å²) in [6.07, 6.45) is -3.26. The summed E-state index contributed by atoms with van der Waals surface area (Å²) in [6, 6.07) is 6.70. The Morgan fingerprint density at radius 2 is 1.86 bits per heavy atom. The molecule has 0 atom stereocenters. The Kier molecular flexibility index (Phi) is 4.22. The predicted octanol–water partition coefficient (Wildman–Crippen LogP) is 2.75. The van der Waals surface area contributed by atoms with Gasteiger partial charge in [0.2, 0.25) is 5.95 Å². The Hall–Kier alpha value is -2.42. The average Bonchev–Trinajstić information content (AvgIpc) is 2.40. The van der Waals surface area contributed by atoms with Gasteiger partial charge in [0.05, 0.1) is 0 Å². The highest BCUT2D eigenvalue weighted by molar-refractivity contribution is 7.80. The minimum absolute atomic E-state index is 0.120. The van der Waals surface area contributed by atoms with Crippen LogP contribution in [-0.2, 0) is 0 Å². The van der Waals surface area contributed by atoms with Crippen molar-refractivity contribution >= 4 is 28.8 Å². The van der Waals surface area contributed by atoms with Gasteiger partial charge in [0.15, 0.2) is 0 Å². The number of hydrogen-bond acceptors (Lipinski definition) is 5. The molecule has 0 saturated carbocycles. The van der Waals surface area contributed by atoms with Crippen LogP contribution < -0.4 is 15.8 Å². The van der Waals surface area contributed by atoms with E-state index in [9.17, 15) is 13.2 Å². The number of alkyl halides is 3. The predicted molar refractivity (Wildman–Crippen MR) is 74.3 cm³/mol. The van der Waals surface area contributed by atoms with Gasteiger partial charge in [0.25, 0.3) is 0 Å². The van der Waals surface area contributed by atoms with Crippen molar-refractivity contribution < 1.29 is 17.9 Å². The highest BCUT2D eigenvalue weighted by Crippen LogP contribution is 2.24. The number of halogens is 3. The van der Waals surface area contributed by atoms with Gasteiger partial charge in [-0.3, -0.25) is 0 Å². The minimum atomic E-state index is -4.72. The van der Waals surface area contributed by atoms with E-state index in [1.165, 1.54) is 30.5 Å². The lowest BCUT2D eigenvalue weighted by molar-refractivity contribution is -0.274. The summed E-state index contributed by atoms with van der Waals surface area (Å²) in [5.74, 6) is -0.0874. The smallest absolute Gasteiger partial charge is 0.406 e. The van der Waals surface area contributed by atoms with Gasteiger partial charge in [-0.1, -0.05) is 12.2 Å². The standard InChI is InChI=1S/C12H9F3N4OS/c13-12(14,15)20-8-3-1-7(2-4-8)18-11-17-6-5-9(19-11)10(16)21/h1-6H,(H2,16,21)(H,17,18,19). The fourth-order valence-electron chi connectivity index (χ4n) is 1.43. The Morgan fingerprint density at radius 1 is 1.19 bits per heavy atom. The number of benzene rings is 1. The summed E-state index contributed by atoms with van der Waals surface area (Å²) in [7, 11) is 0. The van der Waals surface area contributed by atoms with Gasteiger partial charge in [-0.15, -0.1) is 13.2 Å². The van der Waals surface area contributed by atoms with Crippen LogP contribution in [-0.4, -0.2) is 21.3 Å². The number of nitrogens with two attached hydrogens (primary N) is 1. The summed E-state index contributed by atoms with van der Waals surface area (Å²) in [5, 5.41) is 2.82. The van der Waals surface area contributed by atoms with E-state index in [1.807, 2.05) is 0 Å². The van der Waals surface area contributed by atoms with Gasteiger partial charge in [0.1, 0.15) is 16.4 Å². The van der Waals surface area contributed by atoms with E-state index in [-0.39, 0.29) is 16.7 Å². The van der Waals surface area contributed by atoms with Crippen LogP contribution in [0, 0.1) is 0 Å². The Bertz CT molecular complexity index is 646. The summed E-state index contributed by atoms with van der Waals surface area (Å²) in [5.41, 5.74) is 6.32. The van der Waals surface area contributed by atoms with Gasteiger partial charge in [-0.2, -0.15) is 0 Å². The van der Waals surface area contributed by atoms with Crippen molar-refractivity contribution in [3.63, 3.8) is 0 Å². The van der Waals surface area contributed by atoms with E-state index in [4.69, 9.17) is 18.0 Å². The highest BCUT2D eigenvalue weighted by Gasteiger charge is 2.30. The van der Waals surface area contributed by atoms with Crippen molar-refractivity contribution in [2.45, 2.75) is 6.36 Å². The third-order valence-corrected chi connectivity index (χ3v) is 2.46. The number of hydrogen-bond donors (Lipinski definition) is 2. The second-order valence-electron chi connectivity index (χ2n) is 3.83. The van der Waals surface area contributed by atoms with Crippen LogP contribution in [0.25, 0.3) is 0 Å². The fourth-order valence-corrected chi connectivity index (χ4v) is 1.54. The topological polar surface area (TPSA) is 73.1 Å². The van der Waals surface area contributed by atoms with Crippen LogP contribution in [0.5, 0.6) is 5.75 Å². The maximum Gasteiger partial charge on any atom is 0.573 e. The summed E-state index contributed by atoms with van der Waals surface area (Å²) < 4.78 is 39.8. The van der Waals surface area contributed by atoms with Gasteiger partial charge in [0, 0.05) is 11.9 Å². The number of thiocarbonyl (C=S) groups is 1. The number of nitrogens with zero attached hydrogens (tertiary/aromatic N) is 2. The first-order valence-corrected chi connectivity index (χ1v) is 6.00. The molecule has 0 spiro atoms. The summed E-state index contributed by atoms with van der Waals surface area (Å²) in [6.45, 7) is 0. The van der Waals surface area contributed by atoms with Gasteiger partial charge in [-0.05, 0) is 30.3 Å². The lowest BCUT2D eigenvalue weighted by atomic mass is 10.3. The van der Waals surface area contributed by atoms with Gasteiger partial charge < -0.3 is 15.8 Å². The largest absolute Gasteiger partial charge is 0.573 e. The molecule has 110 valence electrons. The lowest BCUT2D eigenvalue weighted by Gasteiger charge is -2.10. The molecule has 0 aliphatic heterocycles. The van der Waals surface area contributed by atoms with E-state index in [0.717, 1.165) is 0 Å². The van der Waals surface area contributed by atoms with Crippen LogP contribution in [0.4, 0.5) is 24.8 Å². The molecular weight excluding hydrogens is 305 g/mol. The van der Waals surface area contributed by atoms with Crippen molar-refractivity contribution in [2.24, 2.45) is 5.73 Å². The van der Waals surface area contributed by atoms with Crippen molar-refractivity contribution in [1.29, 1.82) is 0 Å². The van der Waals surface area contributed by atoms with Crippen LogP contribution in [0.15, 0.2) is 36.5 Å². The monoisotopic (exact) mass is 314 g/mol. The number of nitrogens with one attached hydrogen (secondary N) is 1. The normalized spacial score (nSPS) is 11.0. The Labute approximate surface area is 123 Å². The van der Waals surface area contributed by atoms with Crippen molar-refractivity contribution in [2.75, 3.05) is 5.32 Å². The second kappa shape index (κ2) is 5.92. The molecule has 0 amide bonds. The first kappa shape index (κ1) is 15.0. The SMILES string of the molecule is NC(=S)c1ccnc(Nc2ccc(OC(F)(F)F)cc2)n1. The van der Waals surface area contributed by atoms with Crippen molar-refractivity contribution in [1.82, 2.24) is 9.97 Å². The molecule has 2 rings (SSSR count). The summed E-state index contributed by atoms with van der Waals surface area (Å²) in [4.78, 5) is 8.12. The van der Waals surface area contributed by atoms with E-state index in [0.29, 0.717) is 11.4 Å². The molecule has 9 heteroatoms. The molecule has 0 aliphatic carbocycles.